The molecule has 2 atom stereocenters. The molecule has 0 aliphatic carbocycles. The van der Waals surface area contributed by atoms with Gasteiger partial charge in [-0.1, -0.05) is 19.1 Å². The summed E-state index contributed by atoms with van der Waals surface area (Å²) < 4.78 is 29.6. The van der Waals surface area contributed by atoms with E-state index in [2.05, 4.69) is 0 Å². The lowest BCUT2D eigenvalue weighted by Gasteiger charge is -2.19. The first kappa shape index (κ1) is 8.65. The van der Waals surface area contributed by atoms with Crippen LogP contribution in [0.4, 0.5) is 8.78 Å². The Kier molecular flexibility index (Phi) is 3.00. The van der Waals surface area contributed by atoms with Crippen molar-refractivity contribution in [1.82, 2.24) is 0 Å². The van der Waals surface area contributed by atoms with Crippen molar-refractivity contribution in [2.75, 3.05) is 6.61 Å². The molecule has 0 saturated carbocycles. The number of alkyl halides is 2. The van der Waals surface area contributed by atoms with E-state index >= 15 is 0 Å². The second-order valence-corrected chi connectivity index (χ2v) is 2.63. The molecule has 0 amide bonds. The third-order valence-electron chi connectivity index (χ3n) is 1.93. The molecule has 0 aromatic rings. The molecule has 0 N–H and O–H groups in total. The van der Waals surface area contributed by atoms with Crippen LogP contribution < -0.4 is 0 Å². The van der Waals surface area contributed by atoms with Gasteiger partial charge in [0.2, 0.25) is 6.43 Å². The molecular weight excluding hydrogens is 150 g/mol. The third-order valence-corrected chi connectivity index (χ3v) is 1.93. The molecule has 1 aliphatic heterocycles. The summed E-state index contributed by atoms with van der Waals surface area (Å²) in [6, 6.07) is 0. The molecule has 1 heterocycles. The standard InChI is InChI=1S/C8H12F2O/c1-2-6(8(9)10)7-4-3-5-11-7/h3-4,6-8H,2,5H2,1H3/t6-,7-/m0/s1. The zero-order chi connectivity index (χ0) is 8.27. The number of hydrogen-bond donors (Lipinski definition) is 0. The Bertz CT molecular complexity index is 145. The van der Waals surface area contributed by atoms with E-state index in [-0.39, 0.29) is 6.10 Å². The molecule has 0 saturated heterocycles. The van der Waals surface area contributed by atoms with Crippen LogP contribution in [0, 0.1) is 5.92 Å². The van der Waals surface area contributed by atoms with Crippen molar-refractivity contribution in [1.29, 1.82) is 0 Å². The Hall–Kier alpha value is -0.440. The minimum atomic E-state index is -2.27. The van der Waals surface area contributed by atoms with Gasteiger partial charge in [0.25, 0.3) is 0 Å². The van der Waals surface area contributed by atoms with E-state index in [9.17, 15) is 8.78 Å². The monoisotopic (exact) mass is 162 g/mol. The van der Waals surface area contributed by atoms with Gasteiger partial charge in [0, 0.05) is 5.92 Å². The largest absolute Gasteiger partial charge is 0.370 e. The molecule has 0 bridgehead atoms. The number of rotatable bonds is 3. The van der Waals surface area contributed by atoms with Crippen LogP contribution in [-0.2, 0) is 4.74 Å². The minimum Gasteiger partial charge on any atom is -0.370 e. The predicted molar refractivity (Wildman–Crippen MR) is 38.7 cm³/mol. The molecule has 0 spiro atoms. The Morgan fingerprint density at radius 3 is 2.73 bits per heavy atom. The lowest BCUT2D eigenvalue weighted by molar-refractivity contribution is -0.0117. The molecule has 0 fully saturated rings. The first-order valence-electron chi connectivity index (χ1n) is 3.82. The van der Waals surface area contributed by atoms with E-state index in [1.165, 1.54) is 0 Å². The van der Waals surface area contributed by atoms with Crippen LogP contribution in [0.2, 0.25) is 0 Å². The van der Waals surface area contributed by atoms with Gasteiger partial charge < -0.3 is 4.74 Å². The van der Waals surface area contributed by atoms with Crippen LogP contribution in [0.1, 0.15) is 13.3 Å². The zero-order valence-corrected chi connectivity index (χ0v) is 6.47. The molecule has 1 rings (SSSR count). The predicted octanol–water partition coefficient (Wildman–Crippen LogP) is 2.23. The third kappa shape index (κ3) is 1.99. The highest BCUT2D eigenvalue weighted by atomic mass is 19.3. The van der Waals surface area contributed by atoms with Crippen molar-refractivity contribution in [2.45, 2.75) is 25.9 Å². The van der Waals surface area contributed by atoms with Crippen molar-refractivity contribution < 1.29 is 13.5 Å². The van der Waals surface area contributed by atoms with E-state index in [1.807, 2.05) is 0 Å². The van der Waals surface area contributed by atoms with E-state index in [0.29, 0.717) is 13.0 Å². The molecule has 1 aliphatic rings. The topological polar surface area (TPSA) is 9.23 Å². The number of hydrogen-bond acceptors (Lipinski definition) is 1. The van der Waals surface area contributed by atoms with E-state index in [0.717, 1.165) is 0 Å². The maximum atomic E-state index is 12.2. The van der Waals surface area contributed by atoms with Crippen molar-refractivity contribution in [3.05, 3.63) is 12.2 Å². The highest BCUT2D eigenvalue weighted by Gasteiger charge is 2.28. The Labute approximate surface area is 65.0 Å². The van der Waals surface area contributed by atoms with Crippen LogP contribution in [0.5, 0.6) is 0 Å². The van der Waals surface area contributed by atoms with Gasteiger partial charge in [0.1, 0.15) is 0 Å². The average Bonchev–Trinajstić information content (AvgIpc) is 2.40. The van der Waals surface area contributed by atoms with Gasteiger partial charge in [0.05, 0.1) is 12.7 Å². The van der Waals surface area contributed by atoms with Crippen LogP contribution in [-0.4, -0.2) is 19.1 Å². The van der Waals surface area contributed by atoms with Gasteiger partial charge >= 0.3 is 0 Å². The van der Waals surface area contributed by atoms with Crippen LogP contribution >= 0.6 is 0 Å². The van der Waals surface area contributed by atoms with Crippen LogP contribution in [0.15, 0.2) is 12.2 Å². The SMILES string of the molecule is CC[C@H](C(F)F)[C@@H]1C=CCO1. The summed E-state index contributed by atoms with van der Waals surface area (Å²) in [4.78, 5) is 0. The molecule has 0 aromatic heterocycles. The fraction of sp³-hybridized carbons (Fsp3) is 0.750. The maximum absolute atomic E-state index is 12.2. The zero-order valence-electron chi connectivity index (χ0n) is 6.47. The molecule has 1 nitrogen and oxygen atoms in total. The summed E-state index contributed by atoms with van der Waals surface area (Å²) in [5.74, 6) is -0.631. The van der Waals surface area contributed by atoms with Crippen molar-refractivity contribution in [3.8, 4) is 0 Å². The lowest BCUT2D eigenvalue weighted by atomic mass is 10.0. The van der Waals surface area contributed by atoms with Crippen molar-refractivity contribution >= 4 is 0 Å². The first-order chi connectivity index (χ1) is 5.25. The quantitative estimate of drug-likeness (QED) is 0.578. The Morgan fingerprint density at radius 1 is 1.64 bits per heavy atom. The van der Waals surface area contributed by atoms with Gasteiger partial charge in [-0.05, 0) is 6.42 Å². The molecule has 11 heavy (non-hydrogen) atoms. The Morgan fingerprint density at radius 2 is 2.36 bits per heavy atom. The van der Waals surface area contributed by atoms with Gasteiger partial charge in [0.15, 0.2) is 0 Å². The molecule has 0 aromatic carbocycles. The normalized spacial score (nSPS) is 26.4. The van der Waals surface area contributed by atoms with E-state index in [1.54, 1.807) is 19.1 Å². The smallest absolute Gasteiger partial charge is 0.244 e. The fourth-order valence-corrected chi connectivity index (χ4v) is 1.23. The second-order valence-electron chi connectivity index (χ2n) is 2.63. The maximum Gasteiger partial charge on any atom is 0.244 e. The summed E-state index contributed by atoms with van der Waals surface area (Å²) in [6.07, 6.45) is 1.34. The molecule has 0 radical (unpaired) electrons. The summed E-state index contributed by atoms with van der Waals surface area (Å²) in [5.41, 5.74) is 0. The highest BCUT2D eigenvalue weighted by Crippen LogP contribution is 2.23. The minimum absolute atomic E-state index is 0.361. The Balaban J connectivity index is 2.47. The van der Waals surface area contributed by atoms with E-state index in [4.69, 9.17) is 4.74 Å². The van der Waals surface area contributed by atoms with Crippen LogP contribution in [0.25, 0.3) is 0 Å². The first-order valence-corrected chi connectivity index (χ1v) is 3.82. The van der Waals surface area contributed by atoms with Gasteiger partial charge in [-0.3, -0.25) is 0 Å². The summed E-state index contributed by atoms with van der Waals surface area (Å²) in [5, 5.41) is 0. The fourth-order valence-electron chi connectivity index (χ4n) is 1.23. The lowest BCUT2D eigenvalue weighted by Crippen LogP contribution is -2.25. The van der Waals surface area contributed by atoms with Crippen molar-refractivity contribution in [3.63, 3.8) is 0 Å². The molecule has 0 unspecified atom stereocenters. The van der Waals surface area contributed by atoms with Gasteiger partial charge in [-0.15, -0.1) is 0 Å². The van der Waals surface area contributed by atoms with Gasteiger partial charge in [-0.2, -0.15) is 0 Å². The number of halogens is 2. The molecule has 3 heteroatoms. The summed E-state index contributed by atoms with van der Waals surface area (Å²) >= 11 is 0. The molecule has 64 valence electrons. The summed E-state index contributed by atoms with van der Waals surface area (Å²) in [7, 11) is 0. The summed E-state index contributed by atoms with van der Waals surface area (Å²) in [6.45, 7) is 2.24. The second kappa shape index (κ2) is 3.81. The van der Waals surface area contributed by atoms with Crippen LogP contribution in [0.3, 0.4) is 0 Å². The molecular formula is C8H12F2O. The van der Waals surface area contributed by atoms with E-state index < -0.39 is 12.3 Å². The average molecular weight is 162 g/mol. The van der Waals surface area contributed by atoms with Gasteiger partial charge in [-0.25, -0.2) is 8.78 Å². The number of ether oxygens (including phenoxy) is 1. The van der Waals surface area contributed by atoms with Crippen molar-refractivity contribution in [2.24, 2.45) is 5.92 Å². The highest BCUT2D eigenvalue weighted by molar-refractivity contribution is 4.98.